The van der Waals surface area contributed by atoms with Crippen molar-refractivity contribution in [3.8, 4) is 0 Å². The van der Waals surface area contributed by atoms with Gasteiger partial charge in [0.1, 0.15) is 0 Å². The Hall–Kier alpha value is -2.26. The summed E-state index contributed by atoms with van der Waals surface area (Å²) in [5.74, 6) is 0.00548. The lowest BCUT2D eigenvalue weighted by Gasteiger charge is -2.40. The number of aryl methyl sites for hydroxylation is 1. The number of nitrogens with one attached hydrogen (secondary N) is 2. The van der Waals surface area contributed by atoms with Gasteiger partial charge in [-0.3, -0.25) is 4.79 Å². The SMILES string of the molecule is CCc1ccc(CCNC(=O)C2(Cc3ccccc3)CCN(S(=O)(=O)NCCOC)CC2)cc1. The van der Waals surface area contributed by atoms with E-state index in [0.717, 1.165) is 18.4 Å². The summed E-state index contributed by atoms with van der Waals surface area (Å²) in [6.07, 6.45) is 3.32. The number of nitrogens with zero attached hydrogens (tertiary/aromatic N) is 1. The van der Waals surface area contributed by atoms with Crippen LogP contribution in [0.4, 0.5) is 0 Å². The second-order valence-electron chi connectivity index (χ2n) is 8.91. The summed E-state index contributed by atoms with van der Waals surface area (Å²) in [6.45, 7) is 3.84. The molecule has 3 rings (SSSR count). The topological polar surface area (TPSA) is 87.7 Å². The van der Waals surface area contributed by atoms with Crippen molar-refractivity contribution in [2.24, 2.45) is 5.41 Å². The molecule has 2 aromatic rings. The third-order valence-corrected chi connectivity index (χ3v) is 8.22. The first-order valence-electron chi connectivity index (χ1n) is 12.0. The van der Waals surface area contributed by atoms with E-state index in [1.54, 1.807) is 0 Å². The van der Waals surface area contributed by atoms with Crippen LogP contribution in [0.1, 0.15) is 36.5 Å². The molecule has 1 aliphatic rings. The molecule has 7 nitrogen and oxygen atoms in total. The Balaban J connectivity index is 1.65. The third-order valence-electron chi connectivity index (χ3n) is 6.61. The minimum atomic E-state index is -3.59. The number of amides is 1. The zero-order valence-corrected chi connectivity index (χ0v) is 21.1. The number of piperidine rings is 1. The number of hydrogen-bond acceptors (Lipinski definition) is 4. The Bertz CT molecular complexity index is 1000. The zero-order valence-electron chi connectivity index (χ0n) is 20.3. The molecule has 1 saturated heterocycles. The average Bonchev–Trinajstić information content (AvgIpc) is 2.85. The van der Waals surface area contributed by atoms with Crippen molar-refractivity contribution in [1.29, 1.82) is 0 Å². The van der Waals surface area contributed by atoms with Gasteiger partial charge in [0.2, 0.25) is 5.91 Å². The van der Waals surface area contributed by atoms with Gasteiger partial charge in [0.25, 0.3) is 10.2 Å². The number of carbonyl (C=O) groups excluding carboxylic acids is 1. The number of hydrogen-bond donors (Lipinski definition) is 2. The molecule has 8 heteroatoms. The van der Waals surface area contributed by atoms with Crippen LogP contribution in [0, 0.1) is 5.41 Å². The van der Waals surface area contributed by atoms with Gasteiger partial charge in [0.15, 0.2) is 0 Å². The summed E-state index contributed by atoms with van der Waals surface area (Å²) < 4.78 is 34.2. The van der Waals surface area contributed by atoms with Gasteiger partial charge in [-0.25, -0.2) is 0 Å². The fourth-order valence-corrected chi connectivity index (χ4v) is 5.63. The molecule has 0 aliphatic carbocycles. The van der Waals surface area contributed by atoms with Crippen LogP contribution in [0.5, 0.6) is 0 Å². The first kappa shape index (κ1) is 26.3. The summed E-state index contributed by atoms with van der Waals surface area (Å²) in [5.41, 5.74) is 2.94. The van der Waals surface area contributed by atoms with Crippen molar-refractivity contribution in [2.45, 2.75) is 39.0 Å². The first-order valence-corrected chi connectivity index (χ1v) is 13.5. The highest BCUT2D eigenvalue weighted by Crippen LogP contribution is 2.36. The molecule has 0 saturated carbocycles. The lowest BCUT2D eigenvalue weighted by molar-refractivity contribution is -0.133. The maximum Gasteiger partial charge on any atom is 0.279 e. The molecule has 0 unspecified atom stereocenters. The Labute approximate surface area is 204 Å². The molecule has 0 spiro atoms. The molecular formula is C26H37N3O4S. The smallest absolute Gasteiger partial charge is 0.279 e. The predicted octanol–water partition coefficient (Wildman–Crippen LogP) is 2.71. The normalized spacial score (nSPS) is 16.3. The van der Waals surface area contributed by atoms with E-state index < -0.39 is 15.6 Å². The minimum absolute atomic E-state index is 0.00548. The lowest BCUT2D eigenvalue weighted by Crippen LogP contribution is -2.53. The van der Waals surface area contributed by atoms with Crippen LogP contribution in [-0.2, 0) is 39.0 Å². The van der Waals surface area contributed by atoms with Crippen LogP contribution in [-0.4, -0.2) is 58.5 Å². The Kier molecular flexibility index (Phi) is 9.64. The van der Waals surface area contributed by atoms with Gasteiger partial charge in [-0.2, -0.15) is 17.4 Å². The standard InChI is InChI=1S/C26H37N3O4S/c1-3-22-9-11-23(12-10-22)13-16-27-25(30)26(21-24-7-5-4-6-8-24)14-18-29(19-15-26)34(31,32)28-17-20-33-2/h4-12,28H,3,13-21H2,1-2H3,(H,27,30). The van der Waals surface area contributed by atoms with Gasteiger partial charge >= 0.3 is 0 Å². The zero-order chi connectivity index (χ0) is 24.4. The predicted molar refractivity (Wildman–Crippen MR) is 135 cm³/mol. The number of rotatable bonds is 12. The van der Waals surface area contributed by atoms with E-state index in [1.165, 1.54) is 22.5 Å². The van der Waals surface area contributed by atoms with Gasteiger partial charge < -0.3 is 10.1 Å². The van der Waals surface area contributed by atoms with E-state index in [1.807, 2.05) is 30.3 Å². The Morgan fingerprint density at radius 1 is 0.971 bits per heavy atom. The summed E-state index contributed by atoms with van der Waals surface area (Å²) in [6, 6.07) is 18.5. The summed E-state index contributed by atoms with van der Waals surface area (Å²) in [4.78, 5) is 13.5. The van der Waals surface area contributed by atoms with Gasteiger partial charge in [-0.15, -0.1) is 0 Å². The first-order chi connectivity index (χ1) is 16.4. The molecule has 1 aliphatic heterocycles. The number of benzene rings is 2. The monoisotopic (exact) mass is 487 g/mol. The molecule has 186 valence electrons. The molecule has 1 amide bonds. The van der Waals surface area contributed by atoms with E-state index in [2.05, 4.69) is 41.2 Å². The highest BCUT2D eigenvalue weighted by atomic mass is 32.2. The molecule has 0 radical (unpaired) electrons. The largest absolute Gasteiger partial charge is 0.383 e. The Morgan fingerprint density at radius 2 is 1.62 bits per heavy atom. The highest BCUT2D eigenvalue weighted by Gasteiger charge is 2.43. The van der Waals surface area contributed by atoms with Crippen molar-refractivity contribution < 1.29 is 17.9 Å². The molecule has 2 aromatic carbocycles. The molecule has 0 atom stereocenters. The van der Waals surface area contributed by atoms with Crippen LogP contribution >= 0.6 is 0 Å². The van der Waals surface area contributed by atoms with Crippen molar-refractivity contribution in [3.05, 3.63) is 71.3 Å². The van der Waals surface area contributed by atoms with Gasteiger partial charge in [-0.1, -0.05) is 61.5 Å². The molecule has 34 heavy (non-hydrogen) atoms. The highest BCUT2D eigenvalue weighted by molar-refractivity contribution is 7.87. The van der Waals surface area contributed by atoms with Crippen LogP contribution < -0.4 is 10.0 Å². The molecule has 2 N–H and O–H groups in total. The van der Waals surface area contributed by atoms with Crippen LogP contribution in [0.15, 0.2) is 54.6 Å². The number of carbonyl (C=O) groups is 1. The van der Waals surface area contributed by atoms with Crippen molar-refractivity contribution in [3.63, 3.8) is 0 Å². The number of ether oxygens (including phenoxy) is 1. The van der Waals surface area contributed by atoms with Gasteiger partial charge in [0, 0.05) is 33.3 Å². The minimum Gasteiger partial charge on any atom is -0.383 e. The molecular weight excluding hydrogens is 450 g/mol. The van der Waals surface area contributed by atoms with E-state index in [9.17, 15) is 13.2 Å². The van der Waals surface area contributed by atoms with Crippen molar-refractivity contribution in [1.82, 2.24) is 14.3 Å². The molecule has 0 aromatic heterocycles. The maximum atomic E-state index is 13.5. The second kappa shape index (κ2) is 12.4. The molecule has 0 bridgehead atoms. The van der Waals surface area contributed by atoms with Gasteiger partial charge in [0.05, 0.1) is 12.0 Å². The fourth-order valence-electron chi connectivity index (χ4n) is 4.44. The second-order valence-corrected chi connectivity index (χ2v) is 10.7. The van der Waals surface area contributed by atoms with Gasteiger partial charge in [-0.05, 0) is 48.8 Å². The van der Waals surface area contributed by atoms with Crippen LogP contribution in [0.2, 0.25) is 0 Å². The van der Waals surface area contributed by atoms with E-state index in [0.29, 0.717) is 45.5 Å². The molecule has 1 heterocycles. The lowest BCUT2D eigenvalue weighted by atomic mass is 9.73. The van der Waals surface area contributed by atoms with Crippen LogP contribution in [0.25, 0.3) is 0 Å². The fraction of sp³-hybridized carbons (Fsp3) is 0.500. The van der Waals surface area contributed by atoms with Crippen molar-refractivity contribution in [2.75, 3.05) is 39.9 Å². The average molecular weight is 488 g/mol. The summed E-state index contributed by atoms with van der Waals surface area (Å²) in [5, 5.41) is 3.15. The van der Waals surface area contributed by atoms with Crippen LogP contribution in [0.3, 0.4) is 0 Å². The molecule has 1 fully saturated rings. The van der Waals surface area contributed by atoms with E-state index >= 15 is 0 Å². The number of methoxy groups -OCH3 is 1. The quantitative estimate of drug-likeness (QED) is 0.451. The maximum absolute atomic E-state index is 13.5. The Morgan fingerprint density at radius 3 is 2.24 bits per heavy atom. The summed E-state index contributed by atoms with van der Waals surface area (Å²) >= 11 is 0. The van der Waals surface area contributed by atoms with E-state index in [-0.39, 0.29) is 12.5 Å². The summed E-state index contributed by atoms with van der Waals surface area (Å²) in [7, 11) is -2.06. The third kappa shape index (κ3) is 7.12. The van der Waals surface area contributed by atoms with E-state index in [4.69, 9.17) is 4.74 Å². The van der Waals surface area contributed by atoms with Crippen molar-refractivity contribution >= 4 is 16.1 Å².